The van der Waals surface area contributed by atoms with Crippen LogP contribution in [0.4, 0.5) is 5.95 Å². The Bertz CT molecular complexity index is 846. The van der Waals surface area contributed by atoms with E-state index in [2.05, 4.69) is 25.3 Å². The van der Waals surface area contributed by atoms with E-state index in [1.165, 1.54) is 0 Å². The lowest BCUT2D eigenvalue weighted by molar-refractivity contribution is 0.0943. The normalized spacial score (nSPS) is 14.8. The second-order valence-electron chi connectivity index (χ2n) is 8.29. The molecule has 0 aromatic carbocycles. The van der Waals surface area contributed by atoms with E-state index in [0.29, 0.717) is 41.4 Å². The number of aromatic nitrogens is 3. The van der Waals surface area contributed by atoms with Crippen molar-refractivity contribution in [3.05, 3.63) is 29.4 Å². The zero-order chi connectivity index (χ0) is 22.2. The Hall–Kier alpha value is -2.68. The van der Waals surface area contributed by atoms with Crippen molar-refractivity contribution in [2.75, 3.05) is 37.7 Å². The maximum atomic E-state index is 12.1. The van der Waals surface area contributed by atoms with Crippen LogP contribution in [0.25, 0.3) is 0 Å². The summed E-state index contributed by atoms with van der Waals surface area (Å²) in [5.41, 5.74) is 1.11. The molecule has 9 heteroatoms. The first kappa shape index (κ1) is 23.0. The second kappa shape index (κ2) is 11.1. The van der Waals surface area contributed by atoms with Crippen LogP contribution in [0.5, 0.6) is 5.75 Å². The highest BCUT2D eigenvalue weighted by molar-refractivity contribution is 5.95. The van der Waals surface area contributed by atoms with Crippen molar-refractivity contribution in [2.45, 2.75) is 52.4 Å². The largest absolute Gasteiger partial charge is 0.492 e. The molecule has 3 heterocycles. The molecule has 2 aromatic rings. The fourth-order valence-electron chi connectivity index (χ4n) is 3.66. The lowest BCUT2D eigenvalue weighted by atomic mass is 9.92. The maximum absolute atomic E-state index is 12.1. The first-order valence-electron chi connectivity index (χ1n) is 11.0. The number of piperidine rings is 1. The zero-order valence-electron chi connectivity index (χ0n) is 18.6. The third-order valence-electron chi connectivity index (χ3n) is 5.55. The molecule has 2 N–H and O–H groups in total. The van der Waals surface area contributed by atoms with Crippen molar-refractivity contribution in [3.63, 3.8) is 0 Å². The van der Waals surface area contributed by atoms with Crippen LogP contribution in [-0.2, 0) is 0 Å². The Labute approximate surface area is 183 Å². The van der Waals surface area contributed by atoms with Gasteiger partial charge in [-0.2, -0.15) is 4.98 Å². The van der Waals surface area contributed by atoms with Gasteiger partial charge in [0.2, 0.25) is 5.89 Å². The predicted molar refractivity (Wildman–Crippen MR) is 116 cm³/mol. The van der Waals surface area contributed by atoms with E-state index in [1.807, 2.05) is 13.8 Å². The summed E-state index contributed by atoms with van der Waals surface area (Å²) in [6.45, 7) is 8.46. The number of carbonyl (C=O) groups is 1. The van der Waals surface area contributed by atoms with Crippen molar-refractivity contribution >= 4 is 11.9 Å². The van der Waals surface area contributed by atoms with E-state index >= 15 is 0 Å². The number of hydrogen-bond acceptors (Lipinski definition) is 8. The Kier molecular flexibility index (Phi) is 8.22. The van der Waals surface area contributed by atoms with E-state index in [0.717, 1.165) is 38.8 Å². The summed E-state index contributed by atoms with van der Waals surface area (Å²) >= 11 is 0. The fraction of sp³-hybridized carbons (Fsp3) is 0.636. The minimum absolute atomic E-state index is 0.0958. The number of nitrogens with one attached hydrogen (secondary N) is 1. The molecule has 1 fully saturated rings. The first-order chi connectivity index (χ1) is 15.0. The van der Waals surface area contributed by atoms with Gasteiger partial charge in [-0.1, -0.05) is 13.8 Å². The number of anilines is 1. The number of nitrogens with zero attached hydrogens (tertiary/aromatic N) is 4. The summed E-state index contributed by atoms with van der Waals surface area (Å²) in [4.78, 5) is 23.1. The Balaban J connectivity index is 1.39. The van der Waals surface area contributed by atoms with E-state index in [1.54, 1.807) is 19.2 Å². The molecule has 0 aliphatic carbocycles. The van der Waals surface area contributed by atoms with Gasteiger partial charge in [-0.05, 0) is 49.7 Å². The van der Waals surface area contributed by atoms with Gasteiger partial charge in [-0.3, -0.25) is 9.78 Å². The number of carbonyl (C=O) groups excluding carboxylic acids is 1. The molecule has 3 rings (SSSR count). The van der Waals surface area contributed by atoms with Crippen LogP contribution in [0.15, 0.2) is 16.8 Å². The highest BCUT2D eigenvalue weighted by Crippen LogP contribution is 2.26. The van der Waals surface area contributed by atoms with Gasteiger partial charge in [-0.15, -0.1) is 0 Å². The standard InChI is InChI=1S/C22H33N5O4/c1-15(2)21-25-22(26-31-21)27-9-6-17(7-10-27)5-4-12-30-18-13-19(16(3)24-14-18)20(29)23-8-11-28/h13-15,17,28H,4-12H2,1-3H3,(H,23,29). The topological polar surface area (TPSA) is 114 Å². The number of amides is 1. The smallest absolute Gasteiger partial charge is 0.266 e. The first-order valence-corrected chi connectivity index (χ1v) is 11.0. The average Bonchev–Trinajstić information content (AvgIpc) is 3.27. The maximum Gasteiger partial charge on any atom is 0.266 e. The van der Waals surface area contributed by atoms with Gasteiger partial charge >= 0.3 is 0 Å². The molecule has 2 aromatic heterocycles. The summed E-state index contributed by atoms with van der Waals surface area (Å²) < 4.78 is 11.1. The van der Waals surface area contributed by atoms with Crippen LogP contribution in [0.3, 0.4) is 0 Å². The molecule has 31 heavy (non-hydrogen) atoms. The van der Waals surface area contributed by atoms with Crippen LogP contribution in [0.1, 0.15) is 67.4 Å². The summed E-state index contributed by atoms with van der Waals surface area (Å²) in [6, 6.07) is 1.71. The van der Waals surface area contributed by atoms with Gasteiger partial charge in [0.05, 0.1) is 30.7 Å². The van der Waals surface area contributed by atoms with Gasteiger partial charge in [0.25, 0.3) is 11.9 Å². The van der Waals surface area contributed by atoms with E-state index in [-0.39, 0.29) is 25.0 Å². The second-order valence-corrected chi connectivity index (χ2v) is 8.29. The van der Waals surface area contributed by atoms with Crippen LogP contribution >= 0.6 is 0 Å². The lowest BCUT2D eigenvalue weighted by Gasteiger charge is -2.30. The van der Waals surface area contributed by atoms with Crippen molar-refractivity contribution < 1.29 is 19.2 Å². The highest BCUT2D eigenvalue weighted by Gasteiger charge is 2.23. The van der Waals surface area contributed by atoms with Gasteiger partial charge in [-0.25, -0.2) is 0 Å². The average molecular weight is 432 g/mol. The number of aliphatic hydroxyl groups is 1. The Morgan fingerprint density at radius 2 is 2.16 bits per heavy atom. The number of aryl methyl sites for hydroxylation is 1. The lowest BCUT2D eigenvalue weighted by Crippen LogP contribution is -2.34. The van der Waals surface area contributed by atoms with Gasteiger partial charge in [0.15, 0.2) is 0 Å². The van der Waals surface area contributed by atoms with Crippen molar-refractivity contribution in [2.24, 2.45) is 5.92 Å². The Morgan fingerprint density at radius 1 is 1.39 bits per heavy atom. The number of aliphatic hydroxyl groups excluding tert-OH is 1. The monoisotopic (exact) mass is 431 g/mol. The summed E-state index contributed by atoms with van der Waals surface area (Å²) in [5.74, 6) is 2.64. The third-order valence-corrected chi connectivity index (χ3v) is 5.55. The molecule has 9 nitrogen and oxygen atoms in total. The quantitative estimate of drug-likeness (QED) is 0.552. The molecule has 0 spiro atoms. The van der Waals surface area contributed by atoms with Gasteiger partial charge < -0.3 is 24.6 Å². The number of rotatable bonds is 10. The molecule has 0 radical (unpaired) electrons. The van der Waals surface area contributed by atoms with Crippen LogP contribution in [0.2, 0.25) is 0 Å². The molecule has 0 bridgehead atoms. The molecule has 0 saturated carbocycles. The van der Waals surface area contributed by atoms with Crippen molar-refractivity contribution in [1.82, 2.24) is 20.4 Å². The molecule has 1 aliphatic rings. The number of pyridine rings is 1. The molecule has 170 valence electrons. The van der Waals surface area contributed by atoms with Crippen molar-refractivity contribution in [1.29, 1.82) is 0 Å². The summed E-state index contributed by atoms with van der Waals surface area (Å²) in [7, 11) is 0. The molecule has 1 aliphatic heterocycles. The Morgan fingerprint density at radius 3 is 2.84 bits per heavy atom. The van der Waals surface area contributed by atoms with Crippen molar-refractivity contribution in [3.8, 4) is 5.75 Å². The zero-order valence-corrected chi connectivity index (χ0v) is 18.6. The van der Waals surface area contributed by atoms with E-state index in [9.17, 15) is 4.79 Å². The molecule has 0 unspecified atom stereocenters. The van der Waals surface area contributed by atoms with Crippen LogP contribution in [-0.4, -0.2) is 59.0 Å². The fourth-order valence-corrected chi connectivity index (χ4v) is 3.66. The molecule has 1 amide bonds. The minimum atomic E-state index is -0.252. The summed E-state index contributed by atoms with van der Waals surface area (Å²) in [6.07, 6.45) is 5.90. The van der Waals surface area contributed by atoms with Gasteiger partial charge in [0.1, 0.15) is 5.75 Å². The third kappa shape index (κ3) is 6.40. The highest BCUT2D eigenvalue weighted by atomic mass is 16.5. The van der Waals surface area contributed by atoms with Gasteiger partial charge in [0, 0.05) is 25.6 Å². The number of ether oxygens (including phenoxy) is 1. The molecular weight excluding hydrogens is 398 g/mol. The molecule has 0 atom stereocenters. The van der Waals surface area contributed by atoms with Crippen LogP contribution < -0.4 is 15.0 Å². The minimum Gasteiger partial charge on any atom is -0.492 e. The predicted octanol–water partition coefficient (Wildman–Crippen LogP) is 2.69. The van der Waals surface area contributed by atoms with E-state index in [4.69, 9.17) is 14.4 Å². The molecule has 1 saturated heterocycles. The van der Waals surface area contributed by atoms with E-state index < -0.39 is 0 Å². The SMILES string of the molecule is Cc1ncc(OCCCC2CCN(c3noc(C(C)C)n3)CC2)cc1C(=O)NCCO. The number of hydrogen-bond donors (Lipinski definition) is 2. The van der Waals surface area contributed by atoms with Crippen LogP contribution in [0, 0.1) is 12.8 Å². The summed E-state index contributed by atoms with van der Waals surface area (Å²) in [5, 5.41) is 15.6. The molecular formula is C22H33N5O4.